The van der Waals surface area contributed by atoms with E-state index in [0.29, 0.717) is 13.0 Å². The number of nitrogens with zero attached hydrogens (tertiary/aromatic N) is 1. The highest BCUT2D eigenvalue weighted by molar-refractivity contribution is 5.90. The van der Waals surface area contributed by atoms with Gasteiger partial charge < -0.3 is 15.6 Å². The number of nitrogens with one attached hydrogen (secondary N) is 3. The minimum Gasteiger partial charge on any atom is -0.354 e. The number of aromatic amines is 1. The molecule has 1 atom stereocenters. The second kappa shape index (κ2) is 6.17. The molecule has 116 valence electrons. The molecule has 2 amide bonds. The maximum absolute atomic E-state index is 12.3. The number of para-hydroxylation sites is 1. The average molecular weight is 300 g/mol. The van der Waals surface area contributed by atoms with E-state index < -0.39 is 6.04 Å². The summed E-state index contributed by atoms with van der Waals surface area (Å²) in [6.45, 7) is 2.58. The van der Waals surface area contributed by atoms with Gasteiger partial charge in [-0.1, -0.05) is 12.1 Å². The molecule has 2 heterocycles. The molecule has 1 saturated heterocycles. The summed E-state index contributed by atoms with van der Waals surface area (Å²) < 4.78 is 0. The number of aromatic nitrogens is 2. The zero-order valence-electron chi connectivity index (χ0n) is 12.6. The van der Waals surface area contributed by atoms with Crippen molar-refractivity contribution in [2.24, 2.45) is 0 Å². The van der Waals surface area contributed by atoms with Gasteiger partial charge in [0.1, 0.15) is 11.9 Å². The molecule has 6 nitrogen and oxygen atoms in total. The molecule has 1 aliphatic heterocycles. The Hall–Kier alpha value is -2.37. The number of aryl methyl sites for hydroxylation is 1. The number of carbonyl (C=O) groups is 2. The van der Waals surface area contributed by atoms with Crippen LogP contribution in [0, 0.1) is 6.92 Å². The summed E-state index contributed by atoms with van der Waals surface area (Å²) in [5.41, 5.74) is 2.61. The number of rotatable bonds is 3. The highest BCUT2D eigenvalue weighted by atomic mass is 16.2. The molecular formula is C16H20N4O2. The van der Waals surface area contributed by atoms with Crippen molar-refractivity contribution in [2.75, 3.05) is 6.54 Å². The number of hydrogen-bond donors (Lipinski definition) is 3. The Morgan fingerprint density at radius 1 is 1.41 bits per heavy atom. The fourth-order valence-corrected chi connectivity index (χ4v) is 2.85. The third-order valence-corrected chi connectivity index (χ3v) is 3.94. The van der Waals surface area contributed by atoms with Gasteiger partial charge in [0.15, 0.2) is 0 Å². The summed E-state index contributed by atoms with van der Waals surface area (Å²) in [6.07, 6.45) is 2.83. The zero-order chi connectivity index (χ0) is 15.5. The molecule has 0 spiro atoms. The van der Waals surface area contributed by atoms with E-state index in [1.807, 2.05) is 25.1 Å². The average Bonchev–Trinajstić information content (AvgIpc) is 2.75. The largest absolute Gasteiger partial charge is 0.354 e. The van der Waals surface area contributed by atoms with Gasteiger partial charge in [0, 0.05) is 6.54 Å². The van der Waals surface area contributed by atoms with Gasteiger partial charge in [-0.05, 0) is 37.8 Å². The molecular weight excluding hydrogens is 280 g/mol. The molecule has 0 bridgehead atoms. The van der Waals surface area contributed by atoms with E-state index >= 15 is 0 Å². The Morgan fingerprint density at radius 2 is 2.27 bits per heavy atom. The van der Waals surface area contributed by atoms with Crippen molar-refractivity contribution in [3.63, 3.8) is 0 Å². The Morgan fingerprint density at radius 3 is 3.14 bits per heavy atom. The van der Waals surface area contributed by atoms with E-state index in [-0.39, 0.29) is 18.2 Å². The second-order valence-electron chi connectivity index (χ2n) is 5.72. The zero-order valence-corrected chi connectivity index (χ0v) is 12.6. The first-order chi connectivity index (χ1) is 10.6. The topological polar surface area (TPSA) is 86.9 Å². The number of carbonyl (C=O) groups excluding carboxylic acids is 2. The molecule has 1 aromatic heterocycles. The van der Waals surface area contributed by atoms with Crippen LogP contribution < -0.4 is 10.6 Å². The van der Waals surface area contributed by atoms with Crippen molar-refractivity contribution in [1.82, 2.24) is 20.6 Å². The van der Waals surface area contributed by atoms with E-state index in [1.165, 1.54) is 0 Å². The lowest BCUT2D eigenvalue weighted by Gasteiger charge is -2.15. The molecule has 3 rings (SSSR count). The van der Waals surface area contributed by atoms with Gasteiger partial charge in [0.2, 0.25) is 11.8 Å². The summed E-state index contributed by atoms with van der Waals surface area (Å²) in [4.78, 5) is 31.7. The molecule has 0 radical (unpaired) electrons. The molecule has 1 fully saturated rings. The van der Waals surface area contributed by atoms with Crippen LogP contribution in [0.3, 0.4) is 0 Å². The van der Waals surface area contributed by atoms with Crippen LogP contribution in [0.5, 0.6) is 0 Å². The van der Waals surface area contributed by atoms with Crippen molar-refractivity contribution < 1.29 is 9.59 Å². The SMILES string of the molecule is Cc1nc2c(CC(=O)NC3CCCCNC3=O)cccc2[nH]1. The van der Waals surface area contributed by atoms with Gasteiger partial charge in [-0.2, -0.15) is 0 Å². The summed E-state index contributed by atoms with van der Waals surface area (Å²) in [5.74, 6) is 0.598. The Kier molecular flexibility index (Phi) is 4.09. The van der Waals surface area contributed by atoms with Crippen LogP contribution in [0.15, 0.2) is 18.2 Å². The van der Waals surface area contributed by atoms with Crippen molar-refractivity contribution in [1.29, 1.82) is 0 Å². The van der Waals surface area contributed by atoms with Crippen LogP contribution in [0.4, 0.5) is 0 Å². The third kappa shape index (κ3) is 3.10. The number of amides is 2. The quantitative estimate of drug-likeness (QED) is 0.796. The van der Waals surface area contributed by atoms with Gasteiger partial charge in [0.25, 0.3) is 0 Å². The first kappa shape index (κ1) is 14.6. The summed E-state index contributed by atoms with van der Waals surface area (Å²) in [7, 11) is 0. The Bertz CT molecular complexity index is 707. The number of hydrogen-bond acceptors (Lipinski definition) is 3. The van der Waals surface area contributed by atoms with E-state index in [2.05, 4.69) is 20.6 Å². The van der Waals surface area contributed by atoms with Gasteiger partial charge in [0.05, 0.1) is 17.5 Å². The van der Waals surface area contributed by atoms with Crippen LogP contribution in [-0.4, -0.2) is 34.4 Å². The smallest absolute Gasteiger partial charge is 0.242 e. The van der Waals surface area contributed by atoms with E-state index in [9.17, 15) is 9.59 Å². The second-order valence-corrected chi connectivity index (χ2v) is 5.72. The number of imidazole rings is 1. The normalized spacial score (nSPS) is 18.8. The van der Waals surface area contributed by atoms with Crippen LogP contribution in [-0.2, 0) is 16.0 Å². The minimum atomic E-state index is -0.421. The van der Waals surface area contributed by atoms with Crippen molar-refractivity contribution in [2.45, 2.75) is 38.6 Å². The minimum absolute atomic E-state index is 0.0836. The van der Waals surface area contributed by atoms with Gasteiger partial charge in [-0.3, -0.25) is 9.59 Å². The lowest BCUT2D eigenvalue weighted by Crippen LogP contribution is -2.45. The molecule has 6 heteroatoms. The van der Waals surface area contributed by atoms with E-state index in [4.69, 9.17) is 0 Å². The summed E-state index contributed by atoms with van der Waals surface area (Å²) >= 11 is 0. The number of H-pyrrole nitrogens is 1. The molecule has 1 aromatic carbocycles. The number of benzene rings is 1. The Labute approximate surface area is 128 Å². The van der Waals surface area contributed by atoms with Crippen LogP contribution >= 0.6 is 0 Å². The molecule has 0 aliphatic carbocycles. The van der Waals surface area contributed by atoms with Gasteiger partial charge in [-0.15, -0.1) is 0 Å². The van der Waals surface area contributed by atoms with Crippen LogP contribution in [0.25, 0.3) is 11.0 Å². The maximum atomic E-state index is 12.3. The lowest BCUT2D eigenvalue weighted by molar-refractivity contribution is -0.128. The van der Waals surface area contributed by atoms with E-state index in [1.54, 1.807) is 0 Å². The van der Waals surface area contributed by atoms with E-state index in [0.717, 1.165) is 35.3 Å². The lowest BCUT2D eigenvalue weighted by atomic mass is 10.1. The highest BCUT2D eigenvalue weighted by Gasteiger charge is 2.22. The molecule has 2 aromatic rings. The predicted octanol–water partition coefficient (Wildman–Crippen LogP) is 1.20. The molecule has 1 unspecified atom stereocenters. The van der Waals surface area contributed by atoms with Crippen LogP contribution in [0.2, 0.25) is 0 Å². The summed E-state index contributed by atoms with van der Waals surface area (Å²) in [6, 6.07) is 5.32. The maximum Gasteiger partial charge on any atom is 0.242 e. The molecule has 22 heavy (non-hydrogen) atoms. The Balaban J connectivity index is 1.71. The first-order valence-corrected chi connectivity index (χ1v) is 7.65. The fourth-order valence-electron chi connectivity index (χ4n) is 2.85. The fraction of sp³-hybridized carbons (Fsp3) is 0.438. The predicted molar refractivity (Wildman–Crippen MR) is 83.3 cm³/mol. The molecule has 0 saturated carbocycles. The highest BCUT2D eigenvalue weighted by Crippen LogP contribution is 2.17. The first-order valence-electron chi connectivity index (χ1n) is 7.65. The number of fused-ring (bicyclic) bond motifs is 1. The monoisotopic (exact) mass is 300 g/mol. The van der Waals surface area contributed by atoms with Crippen molar-refractivity contribution in [3.8, 4) is 0 Å². The van der Waals surface area contributed by atoms with Gasteiger partial charge in [-0.25, -0.2) is 4.98 Å². The van der Waals surface area contributed by atoms with Crippen molar-refractivity contribution >= 4 is 22.8 Å². The molecule has 1 aliphatic rings. The standard InChI is InChI=1S/C16H20N4O2/c1-10-18-12-7-4-5-11(15(12)19-10)9-14(21)20-13-6-2-3-8-17-16(13)22/h4-5,7,13H,2-3,6,8-9H2,1H3,(H,17,22)(H,18,19)(H,20,21). The summed E-state index contributed by atoms with van der Waals surface area (Å²) in [5, 5.41) is 5.67. The molecule has 3 N–H and O–H groups in total. The van der Waals surface area contributed by atoms with Crippen LogP contribution in [0.1, 0.15) is 30.7 Å². The van der Waals surface area contributed by atoms with Crippen molar-refractivity contribution in [3.05, 3.63) is 29.6 Å². The van der Waals surface area contributed by atoms with Gasteiger partial charge >= 0.3 is 0 Å². The third-order valence-electron chi connectivity index (χ3n) is 3.94.